The van der Waals surface area contributed by atoms with Crippen molar-refractivity contribution in [2.75, 3.05) is 32.4 Å². The van der Waals surface area contributed by atoms with Crippen molar-refractivity contribution in [1.82, 2.24) is 14.2 Å². The van der Waals surface area contributed by atoms with Gasteiger partial charge in [0.25, 0.3) is 5.91 Å². The second-order valence-electron chi connectivity index (χ2n) is 6.72. The molecule has 1 aromatic heterocycles. The second-order valence-corrected chi connectivity index (χ2v) is 8.70. The van der Waals surface area contributed by atoms with Gasteiger partial charge in [-0.3, -0.25) is 9.78 Å². The lowest BCUT2D eigenvalue weighted by atomic mass is 10.0. The smallest absolute Gasteiger partial charge is 0.254 e. The molecular formula is C18H23N3O3S. The van der Waals surface area contributed by atoms with Crippen LogP contribution in [0.4, 0.5) is 0 Å². The van der Waals surface area contributed by atoms with E-state index in [2.05, 4.69) is 18.8 Å². The van der Waals surface area contributed by atoms with Crippen molar-refractivity contribution in [1.29, 1.82) is 0 Å². The molecule has 2 heterocycles. The summed E-state index contributed by atoms with van der Waals surface area (Å²) in [5.41, 5.74) is 2.34. The number of piperazine rings is 1. The maximum absolute atomic E-state index is 13.1. The van der Waals surface area contributed by atoms with Crippen LogP contribution in [0.1, 0.15) is 35.8 Å². The zero-order chi connectivity index (χ0) is 18.2. The molecule has 0 atom stereocenters. The van der Waals surface area contributed by atoms with E-state index >= 15 is 0 Å². The van der Waals surface area contributed by atoms with Crippen LogP contribution >= 0.6 is 0 Å². The molecular weight excluding hydrogens is 338 g/mol. The largest absolute Gasteiger partial charge is 0.336 e. The van der Waals surface area contributed by atoms with Crippen molar-refractivity contribution in [3.8, 4) is 0 Å². The second kappa shape index (κ2) is 6.72. The number of carbonyl (C=O) groups is 1. The molecule has 1 aliphatic heterocycles. The Morgan fingerprint density at radius 2 is 1.76 bits per heavy atom. The number of pyridine rings is 1. The molecule has 3 rings (SSSR count). The van der Waals surface area contributed by atoms with E-state index in [0.717, 1.165) is 16.6 Å². The van der Waals surface area contributed by atoms with Crippen LogP contribution in [0.2, 0.25) is 0 Å². The summed E-state index contributed by atoms with van der Waals surface area (Å²) in [4.78, 5) is 19.5. The van der Waals surface area contributed by atoms with Gasteiger partial charge in [-0.2, -0.15) is 4.31 Å². The maximum atomic E-state index is 13.1. The van der Waals surface area contributed by atoms with Gasteiger partial charge >= 0.3 is 0 Å². The average molecular weight is 361 g/mol. The lowest BCUT2D eigenvalue weighted by Crippen LogP contribution is -2.50. The molecule has 2 aromatic rings. The number of benzene rings is 1. The SMILES string of the molecule is CC(C)c1cc(C(=O)N2CCN(S(C)(=O)=O)CC2)c2ccccc2n1. The molecule has 0 saturated carbocycles. The van der Waals surface area contributed by atoms with Gasteiger partial charge < -0.3 is 4.90 Å². The summed E-state index contributed by atoms with van der Waals surface area (Å²) >= 11 is 0. The topological polar surface area (TPSA) is 70.6 Å². The molecule has 7 heteroatoms. The van der Waals surface area contributed by atoms with Crippen LogP contribution in [-0.4, -0.2) is 60.9 Å². The summed E-state index contributed by atoms with van der Waals surface area (Å²) in [6.07, 6.45) is 1.20. The number of aromatic nitrogens is 1. The van der Waals surface area contributed by atoms with Crippen LogP contribution in [0.15, 0.2) is 30.3 Å². The van der Waals surface area contributed by atoms with Crippen molar-refractivity contribution < 1.29 is 13.2 Å². The van der Waals surface area contributed by atoms with Crippen molar-refractivity contribution in [3.63, 3.8) is 0 Å². The van der Waals surface area contributed by atoms with Gasteiger partial charge in [-0.25, -0.2) is 8.42 Å². The number of fused-ring (bicyclic) bond motifs is 1. The van der Waals surface area contributed by atoms with Crippen LogP contribution in [-0.2, 0) is 10.0 Å². The highest BCUT2D eigenvalue weighted by atomic mass is 32.2. The van der Waals surface area contributed by atoms with E-state index in [9.17, 15) is 13.2 Å². The summed E-state index contributed by atoms with van der Waals surface area (Å²) < 4.78 is 24.7. The monoisotopic (exact) mass is 361 g/mol. The quantitative estimate of drug-likeness (QED) is 0.839. The van der Waals surface area contributed by atoms with Crippen molar-refractivity contribution in [2.45, 2.75) is 19.8 Å². The number of sulfonamides is 1. The minimum atomic E-state index is -3.21. The van der Waals surface area contributed by atoms with E-state index < -0.39 is 10.0 Å². The third kappa shape index (κ3) is 3.67. The number of hydrogen-bond donors (Lipinski definition) is 0. The molecule has 134 valence electrons. The number of rotatable bonds is 3. The molecule has 25 heavy (non-hydrogen) atoms. The van der Waals surface area contributed by atoms with Gasteiger partial charge in [0, 0.05) is 37.3 Å². The molecule has 6 nitrogen and oxygen atoms in total. The Morgan fingerprint density at radius 3 is 2.36 bits per heavy atom. The van der Waals surface area contributed by atoms with Crippen LogP contribution < -0.4 is 0 Å². The number of amides is 1. The first-order valence-corrected chi connectivity index (χ1v) is 10.3. The number of carbonyl (C=O) groups excluding carboxylic acids is 1. The fourth-order valence-corrected chi connectivity index (χ4v) is 3.89. The van der Waals surface area contributed by atoms with Crippen LogP contribution in [0.5, 0.6) is 0 Å². The predicted octanol–water partition coefficient (Wildman–Crippen LogP) is 2.08. The highest BCUT2D eigenvalue weighted by Gasteiger charge is 2.27. The minimum Gasteiger partial charge on any atom is -0.336 e. The fourth-order valence-electron chi connectivity index (χ4n) is 3.06. The van der Waals surface area contributed by atoms with E-state index in [-0.39, 0.29) is 11.8 Å². The van der Waals surface area contributed by atoms with Gasteiger partial charge in [0.15, 0.2) is 0 Å². The summed E-state index contributed by atoms with van der Waals surface area (Å²) in [6.45, 7) is 5.58. The van der Waals surface area contributed by atoms with Gasteiger partial charge in [-0.05, 0) is 18.1 Å². The van der Waals surface area contributed by atoms with E-state index in [1.165, 1.54) is 10.6 Å². The van der Waals surface area contributed by atoms with Crippen LogP contribution in [0.3, 0.4) is 0 Å². The Morgan fingerprint density at radius 1 is 1.12 bits per heavy atom. The maximum Gasteiger partial charge on any atom is 0.254 e. The fraction of sp³-hybridized carbons (Fsp3) is 0.444. The molecule has 1 aliphatic rings. The zero-order valence-electron chi connectivity index (χ0n) is 14.8. The highest BCUT2D eigenvalue weighted by molar-refractivity contribution is 7.88. The molecule has 1 amide bonds. The van der Waals surface area contributed by atoms with E-state index in [1.807, 2.05) is 30.3 Å². The Kier molecular flexibility index (Phi) is 4.79. The van der Waals surface area contributed by atoms with Gasteiger partial charge in [0.2, 0.25) is 10.0 Å². The van der Waals surface area contributed by atoms with E-state index in [4.69, 9.17) is 0 Å². The Bertz CT molecular complexity index is 901. The van der Waals surface area contributed by atoms with Crippen LogP contribution in [0.25, 0.3) is 10.9 Å². The molecule has 1 saturated heterocycles. The van der Waals surface area contributed by atoms with Gasteiger partial charge in [0.1, 0.15) is 0 Å². The standard InChI is InChI=1S/C18H23N3O3S/c1-13(2)17-12-15(14-6-4-5-7-16(14)19-17)18(22)20-8-10-21(11-9-20)25(3,23)24/h4-7,12-13H,8-11H2,1-3H3. The number of nitrogens with zero attached hydrogens (tertiary/aromatic N) is 3. The molecule has 0 radical (unpaired) electrons. The Balaban J connectivity index is 1.92. The number of hydrogen-bond acceptors (Lipinski definition) is 4. The molecule has 1 aromatic carbocycles. The third-order valence-corrected chi connectivity index (χ3v) is 5.86. The van der Waals surface area contributed by atoms with E-state index in [1.54, 1.807) is 4.90 Å². The molecule has 1 fully saturated rings. The van der Waals surface area contributed by atoms with Crippen molar-refractivity contribution in [2.24, 2.45) is 0 Å². The van der Waals surface area contributed by atoms with Gasteiger partial charge in [0.05, 0.1) is 17.3 Å². The highest BCUT2D eigenvalue weighted by Crippen LogP contribution is 2.24. The average Bonchev–Trinajstić information content (AvgIpc) is 2.59. The predicted molar refractivity (Wildman–Crippen MR) is 98.2 cm³/mol. The Labute approximate surface area is 148 Å². The zero-order valence-corrected chi connectivity index (χ0v) is 15.6. The summed E-state index contributed by atoms with van der Waals surface area (Å²) in [5, 5.41) is 0.836. The third-order valence-electron chi connectivity index (χ3n) is 4.55. The van der Waals surface area contributed by atoms with E-state index in [0.29, 0.717) is 31.7 Å². The lowest BCUT2D eigenvalue weighted by molar-refractivity contribution is 0.0700. The first kappa shape index (κ1) is 17.8. The number of para-hydroxylation sites is 1. The Hall–Kier alpha value is -1.99. The van der Waals surface area contributed by atoms with Gasteiger partial charge in [-0.15, -0.1) is 0 Å². The lowest BCUT2D eigenvalue weighted by Gasteiger charge is -2.33. The summed E-state index contributed by atoms with van der Waals surface area (Å²) in [6, 6.07) is 9.51. The molecule has 0 N–H and O–H groups in total. The van der Waals surface area contributed by atoms with Gasteiger partial charge in [-0.1, -0.05) is 32.0 Å². The first-order valence-electron chi connectivity index (χ1n) is 8.41. The molecule has 0 bridgehead atoms. The summed E-state index contributed by atoms with van der Waals surface area (Å²) in [7, 11) is -3.21. The van der Waals surface area contributed by atoms with Crippen molar-refractivity contribution >= 4 is 26.8 Å². The minimum absolute atomic E-state index is 0.0614. The molecule has 0 aliphatic carbocycles. The molecule has 0 unspecified atom stereocenters. The normalized spacial score (nSPS) is 16.6. The first-order chi connectivity index (χ1) is 11.8. The summed E-state index contributed by atoms with van der Waals surface area (Å²) in [5.74, 6) is 0.159. The van der Waals surface area contributed by atoms with Crippen LogP contribution in [0, 0.1) is 0 Å². The van der Waals surface area contributed by atoms with Crippen molar-refractivity contribution in [3.05, 3.63) is 41.6 Å². The molecule has 0 spiro atoms.